The van der Waals surface area contributed by atoms with Gasteiger partial charge in [-0.1, -0.05) is 6.58 Å². The first-order valence-corrected chi connectivity index (χ1v) is 3.35. The minimum absolute atomic E-state index is 0.232. The van der Waals surface area contributed by atoms with Crippen molar-refractivity contribution in [1.82, 2.24) is 0 Å². The van der Waals surface area contributed by atoms with E-state index in [1.165, 1.54) is 6.26 Å². The third-order valence-electron chi connectivity index (χ3n) is 1.000. The highest BCUT2D eigenvalue weighted by atomic mass is 16.7. The fourth-order valence-electron chi connectivity index (χ4n) is 0.530. The molecule has 0 rings (SSSR count). The Balaban J connectivity index is 2.90. The summed E-state index contributed by atoms with van der Waals surface area (Å²) in [5.41, 5.74) is 0. The van der Waals surface area contributed by atoms with Crippen LogP contribution in [0.5, 0.6) is 0 Å². The molecule has 0 unspecified atom stereocenters. The third kappa shape index (κ3) is 8.81. The molecule has 0 aromatic rings. The summed E-state index contributed by atoms with van der Waals surface area (Å²) >= 11 is 0. The number of ether oxygens (including phenoxy) is 2. The van der Waals surface area contributed by atoms with Crippen LogP contribution < -0.4 is 0 Å². The van der Waals surface area contributed by atoms with Gasteiger partial charge in [0.25, 0.3) is 0 Å². The molecule has 0 aliphatic heterocycles. The summed E-state index contributed by atoms with van der Waals surface area (Å²) in [4.78, 5) is 9.82. The van der Waals surface area contributed by atoms with Crippen LogP contribution in [-0.2, 0) is 9.47 Å². The van der Waals surface area contributed by atoms with Gasteiger partial charge < -0.3 is 14.6 Å². The molecular formula is C7H12O4. The van der Waals surface area contributed by atoms with Crippen LogP contribution in [0.3, 0.4) is 0 Å². The Hall–Kier alpha value is -1.19. The minimum atomic E-state index is -1.23. The van der Waals surface area contributed by atoms with E-state index in [-0.39, 0.29) is 6.61 Å². The number of unbranched alkanes of at least 4 members (excludes halogenated alkanes) is 1. The molecule has 0 aliphatic rings. The number of hydrogen-bond acceptors (Lipinski definition) is 3. The zero-order chi connectivity index (χ0) is 8.53. The molecular weight excluding hydrogens is 148 g/mol. The summed E-state index contributed by atoms with van der Waals surface area (Å²) in [7, 11) is 0. The summed E-state index contributed by atoms with van der Waals surface area (Å²) in [6.45, 7) is 4.15. The maximum atomic E-state index is 9.82. The van der Waals surface area contributed by atoms with Gasteiger partial charge in [0.05, 0.1) is 19.5 Å². The van der Waals surface area contributed by atoms with E-state index >= 15 is 0 Å². The second-order valence-corrected chi connectivity index (χ2v) is 1.86. The quantitative estimate of drug-likeness (QED) is 0.364. The molecule has 0 heterocycles. The van der Waals surface area contributed by atoms with Gasteiger partial charge in [-0.05, 0) is 12.8 Å². The van der Waals surface area contributed by atoms with Gasteiger partial charge in [-0.25, -0.2) is 4.79 Å². The van der Waals surface area contributed by atoms with Gasteiger partial charge in [0.2, 0.25) is 0 Å². The van der Waals surface area contributed by atoms with Crippen molar-refractivity contribution in [3.8, 4) is 0 Å². The van der Waals surface area contributed by atoms with Gasteiger partial charge in [0.15, 0.2) is 0 Å². The molecule has 4 nitrogen and oxygen atoms in total. The van der Waals surface area contributed by atoms with Crippen molar-refractivity contribution in [2.75, 3.05) is 13.2 Å². The Morgan fingerprint density at radius 1 is 1.45 bits per heavy atom. The van der Waals surface area contributed by atoms with E-state index in [9.17, 15) is 4.79 Å². The number of hydrogen-bond donors (Lipinski definition) is 1. The summed E-state index contributed by atoms with van der Waals surface area (Å²) in [6.07, 6.45) is 1.59. The van der Waals surface area contributed by atoms with Crippen LogP contribution in [0.25, 0.3) is 0 Å². The molecule has 0 bridgehead atoms. The van der Waals surface area contributed by atoms with E-state index in [0.717, 1.165) is 6.42 Å². The standard InChI is InChI=1S/C7H12O4/c1-2-10-5-3-4-6-11-7(8)9/h2H,1,3-6H2,(H,8,9). The number of carboxylic acid groups (broad SMARTS) is 1. The molecule has 11 heavy (non-hydrogen) atoms. The summed E-state index contributed by atoms with van der Waals surface area (Å²) in [5, 5.41) is 8.05. The lowest BCUT2D eigenvalue weighted by molar-refractivity contribution is 0.0881. The van der Waals surface area contributed by atoms with E-state index in [1.807, 2.05) is 0 Å². The van der Waals surface area contributed by atoms with Crippen molar-refractivity contribution in [3.63, 3.8) is 0 Å². The van der Waals surface area contributed by atoms with E-state index in [0.29, 0.717) is 13.0 Å². The molecule has 0 aromatic carbocycles. The molecule has 0 saturated carbocycles. The lowest BCUT2D eigenvalue weighted by Gasteiger charge is -2.00. The summed E-state index contributed by atoms with van der Waals surface area (Å²) in [5.74, 6) is 0. The first kappa shape index (κ1) is 9.81. The van der Waals surface area contributed by atoms with Crippen LogP contribution in [0.1, 0.15) is 12.8 Å². The zero-order valence-electron chi connectivity index (χ0n) is 6.28. The maximum absolute atomic E-state index is 9.82. The van der Waals surface area contributed by atoms with Crippen molar-refractivity contribution in [2.45, 2.75) is 12.8 Å². The molecule has 1 N–H and O–H groups in total. The second kappa shape index (κ2) is 6.92. The number of carbonyl (C=O) groups is 1. The molecule has 0 fully saturated rings. The lowest BCUT2D eigenvalue weighted by atomic mass is 10.3. The lowest BCUT2D eigenvalue weighted by Crippen LogP contribution is -2.02. The predicted octanol–water partition coefficient (Wildman–Crippen LogP) is 1.62. The maximum Gasteiger partial charge on any atom is 0.505 e. The van der Waals surface area contributed by atoms with Crippen LogP contribution in [0.15, 0.2) is 12.8 Å². The molecule has 0 aromatic heterocycles. The van der Waals surface area contributed by atoms with Crippen molar-refractivity contribution in [2.24, 2.45) is 0 Å². The summed E-state index contributed by atoms with van der Waals surface area (Å²) in [6, 6.07) is 0. The Bertz CT molecular complexity index is 122. The molecule has 0 radical (unpaired) electrons. The van der Waals surface area contributed by atoms with Gasteiger partial charge in [0, 0.05) is 0 Å². The van der Waals surface area contributed by atoms with Gasteiger partial charge in [-0.3, -0.25) is 0 Å². The largest absolute Gasteiger partial charge is 0.505 e. The topological polar surface area (TPSA) is 55.8 Å². The first-order chi connectivity index (χ1) is 5.27. The monoisotopic (exact) mass is 160 g/mol. The highest BCUT2D eigenvalue weighted by Gasteiger charge is 1.94. The molecule has 0 spiro atoms. The van der Waals surface area contributed by atoms with Crippen molar-refractivity contribution in [3.05, 3.63) is 12.8 Å². The minimum Gasteiger partial charge on any atom is -0.502 e. The van der Waals surface area contributed by atoms with Crippen LogP contribution in [0, 0.1) is 0 Å². The predicted molar refractivity (Wildman–Crippen MR) is 39.4 cm³/mol. The van der Waals surface area contributed by atoms with Gasteiger partial charge in [-0.2, -0.15) is 0 Å². The highest BCUT2D eigenvalue weighted by Crippen LogP contribution is 1.91. The molecule has 0 aliphatic carbocycles. The van der Waals surface area contributed by atoms with Gasteiger partial charge in [-0.15, -0.1) is 0 Å². The average molecular weight is 160 g/mol. The number of rotatable bonds is 6. The summed E-state index contributed by atoms with van der Waals surface area (Å²) < 4.78 is 9.06. The Morgan fingerprint density at radius 3 is 2.64 bits per heavy atom. The Labute approximate surface area is 65.4 Å². The average Bonchev–Trinajstić information content (AvgIpc) is 1.96. The Morgan fingerprint density at radius 2 is 2.09 bits per heavy atom. The third-order valence-corrected chi connectivity index (χ3v) is 1.000. The molecule has 0 amide bonds. The van der Waals surface area contributed by atoms with Crippen LogP contribution in [-0.4, -0.2) is 24.5 Å². The first-order valence-electron chi connectivity index (χ1n) is 3.35. The molecule has 64 valence electrons. The van der Waals surface area contributed by atoms with Crippen LogP contribution in [0.2, 0.25) is 0 Å². The van der Waals surface area contributed by atoms with Crippen molar-refractivity contribution >= 4 is 6.16 Å². The Kier molecular flexibility index (Phi) is 6.17. The highest BCUT2D eigenvalue weighted by molar-refractivity contribution is 5.56. The van der Waals surface area contributed by atoms with Crippen LogP contribution in [0.4, 0.5) is 4.79 Å². The van der Waals surface area contributed by atoms with Gasteiger partial charge >= 0.3 is 6.16 Å². The molecule has 4 heteroatoms. The molecule has 0 atom stereocenters. The molecule has 0 saturated heterocycles. The van der Waals surface area contributed by atoms with E-state index in [4.69, 9.17) is 9.84 Å². The van der Waals surface area contributed by atoms with E-state index in [1.54, 1.807) is 0 Å². The normalized spacial score (nSPS) is 8.73. The SMILES string of the molecule is C=COCCCCOC(=O)O. The van der Waals surface area contributed by atoms with Crippen LogP contribution >= 0.6 is 0 Å². The second-order valence-electron chi connectivity index (χ2n) is 1.86. The van der Waals surface area contributed by atoms with E-state index in [2.05, 4.69) is 11.3 Å². The van der Waals surface area contributed by atoms with E-state index < -0.39 is 6.16 Å². The van der Waals surface area contributed by atoms with Crippen molar-refractivity contribution in [1.29, 1.82) is 0 Å². The fraction of sp³-hybridized carbons (Fsp3) is 0.571. The van der Waals surface area contributed by atoms with Crippen molar-refractivity contribution < 1.29 is 19.4 Å². The smallest absolute Gasteiger partial charge is 0.502 e. The zero-order valence-corrected chi connectivity index (χ0v) is 6.28. The fourth-order valence-corrected chi connectivity index (χ4v) is 0.530. The van der Waals surface area contributed by atoms with Gasteiger partial charge in [0.1, 0.15) is 0 Å².